The third-order valence-electron chi connectivity index (χ3n) is 3.88. The molecule has 4 N–H and O–H groups in total. The van der Waals surface area contributed by atoms with Crippen LogP contribution in [0.15, 0.2) is 12.4 Å². The van der Waals surface area contributed by atoms with Crippen molar-refractivity contribution < 1.29 is 32.3 Å². The Morgan fingerprint density at radius 1 is 1.32 bits per heavy atom. The minimum atomic E-state index is -4.48. The highest BCUT2D eigenvalue weighted by Crippen LogP contribution is 2.28. The quantitative estimate of drug-likeness (QED) is 0.605. The zero-order chi connectivity index (χ0) is 20.7. The van der Waals surface area contributed by atoms with Gasteiger partial charge in [-0.05, 0) is 19.8 Å². The number of rotatable bonds is 6. The number of carbonyl (C=O) groups excluding carboxylic acids is 2. The second kappa shape index (κ2) is 9.39. The van der Waals surface area contributed by atoms with Gasteiger partial charge >= 0.3 is 18.3 Å². The van der Waals surface area contributed by atoms with Crippen LogP contribution in [0.3, 0.4) is 0 Å². The van der Waals surface area contributed by atoms with Crippen LogP contribution < -0.4 is 21.4 Å². The molecule has 1 aliphatic rings. The molecule has 28 heavy (non-hydrogen) atoms. The van der Waals surface area contributed by atoms with Gasteiger partial charge in [-0.15, -0.1) is 0 Å². The molecule has 0 aromatic carbocycles. The minimum Gasteiger partial charge on any atom is -0.444 e. The van der Waals surface area contributed by atoms with Crippen molar-refractivity contribution in [3.05, 3.63) is 18.0 Å². The molecule has 0 aliphatic carbocycles. The van der Waals surface area contributed by atoms with Crippen LogP contribution in [-0.4, -0.2) is 53.9 Å². The highest BCUT2D eigenvalue weighted by Gasteiger charge is 2.32. The fraction of sp³-hybridized carbons (Fsp3) is 0.600. The normalized spacial score (nSPS) is 16.4. The van der Waals surface area contributed by atoms with Gasteiger partial charge in [0.15, 0.2) is 0 Å². The van der Waals surface area contributed by atoms with Gasteiger partial charge in [0.2, 0.25) is 5.95 Å². The van der Waals surface area contributed by atoms with E-state index in [1.165, 1.54) is 0 Å². The van der Waals surface area contributed by atoms with E-state index < -0.39 is 30.0 Å². The Hall–Kier alpha value is -2.83. The van der Waals surface area contributed by atoms with Crippen molar-refractivity contribution in [3.8, 4) is 0 Å². The van der Waals surface area contributed by atoms with Gasteiger partial charge in [0.05, 0.1) is 5.56 Å². The fourth-order valence-electron chi connectivity index (χ4n) is 2.53. The Bertz CT molecular complexity index is 665. The van der Waals surface area contributed by atoms with Gasteiger partial charge in [0, 0.05) is 31.5 Å². The van der Waals surface area contributed by atoms with E-state index in [0.717, 1.165) is 12.4 Å². The summed E-state index contributed by atoms with van der Waals surface area (Å²) in [4.78, 5) is 36.5. The first-order chi connectivity index (χ1) is 13.1. The Morgan fingerprint density at radius 3 is 2.46 bits per heavy atom. The maximum absolute atomic E-state index is 12.5. The largest absolute Gasteiger partial charge is 0.444 e. The molecule has 0 radical (unpaired) electrons. The molecule has 1 atom stereocenters. The molecular weight excluding hydrogens is 385 g/mol. The standard InChI is InChI=1S/C15H21F3N6O4/c1-9(28-12(19)25)8-27-23-14(26)22-11-2-4-24(5-3-11)13-20-6-10(7-21-13)15(16,17)18/h6-7,9,11H,2-5,8H2,1H3,(H2,19,25)(H2,22,23,26)/t9-/m0/s1. The van der Waals surface area contributed by atoms with E-state index in [0.29, 0.717) is 25.9 Å². The van der Waals surface area contributed by atoms with E-state index in [9.17, 15) is 22.8 Å². The summed E-state index contributed by atoms with van der Waals surface area (Å²) < 4.78 is 42.3. The van der Waals surface area contributed by atoms with Crippen molar-refractivity contribution in [2.75, 3.05) is 24.6 Å². The van der Waals surface area contributed by atoms with Crippen molar-refractivity contribution in [1.82, 2.24) is 20.8 Å². The number of carbonyl (C=O) groups is 2. The molecule has 0 unspecified atom stereocenters. The molecule has 2 rings (SSSR count). The molecular formula is C15H21F3N6O4. The van der Waals surface area contributed by atoms with Gasteiger partial charge in [0.25, 0.3) is 0 Å². The summed E-state index contributed by atoms with van der Waals surface area (Å²) in [5.41, 5.74) is 6.12. The van der Waals surface area contributed by atoms with Gasteiger partial charge in [-0.3, -0.25) is 4.84 Å². The van der Waals surface area contributed by atoms with Crippen LogP contribution >= 0.6 is 0 Å². The molecule has 0 spiro atoms. The number of aromatic nitrogens is 2. The second-order valence-corrected chi connectivity index (χ2v) is 6.16. The maximum Gasteiger partial charge on any atom is 0.419 e. The van der Waals surface area contributed by atoms with Crippen LogP contribution in [0, 0.1) is 0 Å². The molecule has 2 heterocycles. The van der Waals surface area contributed by atoms with E-state index in [1.54, 1.807) is 11.8 Å². The molecule has 0 bridgehead atoms. The lowest BCUT2D eigenvalue weighted by atomic mass is 10.1. The smallest absolute Gasteiger partial charge is 0.419 e. The summed E-state index contributed by atoms with van der Waals surface area (Å²) >= 11 is 0. The summed E-state index contributed by atoms with van der Waals surface area (Å²) in [5.74, 6) is 0.211. The number of alkyl halides is 3. The number of nitrogens with two attached hydrogens (primary N) is 1. The van der Waals surface area contributed by atoms with Gasteiger partial charge < -0.3 is 20.7 Å². The summed E-state index contributed by atoms with van der Waals surface area (Å²) in [6, 6.07) is -0.705. The lowest BCUT2D eigenvalue weighted by Gasteiger charge is -2.32. The van der Waals surface area contributed by atoms with Crippen LogP contribution in [0.25, 0.3) is 0 Å². The number of halogens is 3. The average Bonchev–Trinajstić information content (AvgIpc) is 2.61. The summed E-state index contributed by atoms with van der Waals surface area (Å²) in [6.07, 6.45) is -3.43. The third kappa shape index (κ3) is 6.72. The van der Waals surface area contributed by atoms with E-state index in [4.69, 9.17) is 10.6 Å². The molecule has 156 valence electrons. The molecule has 1 aromatic heterocycles. The van der Waals surface area contributed by atoms with E-state index >= 15 is 0 Å². The zero-order valence-electron chi connectivity index (χ0n) is 15.0. The second-order valence-electron chi connectivity index (χ2n) is 6.16. The van der Waals surface area contributed by atoms with Crippen molar-refractivity contribution in [2.24, 2.45) is 5.73 Å². The minimum absolute atomic E-state index is 0.0694. The lowest BCUT2D eigenvalue weighted by Crippen LogP contribution is -2.48. The van der Waals surface area contributed by atoms with Crippen molar-refractivity contribution in [1.29, 1.82) is 0 Å². The number of primary amides is 1. The van der Waals surface area contributed by atoms with Gasteiger partial charge in [-0.2, -0.15) is 13.2 Å². The fourth-order valence-corrected chi connectivity index (χ4v) is 2.53. The molecule has 1 aromatic rings. The number of hydroxylamine groups is 1. The highest BCUT2D eigenvalue weighted by atomic mass is 19.4. The molecule has 1 saturated heterocycles. The molecule has 1 aliphatic heterocycles. The molecule has 3 amide bonds. The first kappa shape index (κ1) is 21.5. The molecule has 0 saturated carbocycles. The number of nitrogens with one attached hydrogen (secondary N) is 2. The number of hydrogen-bond donors (Lipinski definition) is 3. The van der Waals surface area contributed by atoms with Crippen LogP contribution in [0.2, 0.25) is 0 Å². The van der Waals surface area contributed by atoms with Crippen molar-refractivity contribution >= 4 is 18.1 Å². The summed E-state index contributed by atoms with van der Waals surface area (Å²) in [6.45, 7) is 2.42. The highest BCUT2D eigenvalue weighted by molar-refractivity contribution is 5.73. The predicted molar refractivity (Wildman–Crippen MR) is 90.0 cm³/mol. The van der Waals surface area contributed by atoms with Crippen LogP contribution in [0.5, 0.6) is 0 Å². The zero-order valence-corrected chi connectivity index (χ0v) is 15.0. The predicted octanol–water partition coefficient (Wildman–Crippen LogP) is 1.18. The van der Waals surface area contributed by atoms with Crippen molar-refractivity contribution in [3.63, 3.8) is 0 Å². The number of piperidine rings is 1. The monoisotopic (exact) mass is 406 g/mol. The molecule has 10 nitrogen and oxygen atoms in total. The lowest BCUT2D eigenvalue weighted by molar-refractivity contribution is -0.138. The average molecular weight is 406 g/mol. The van der Waals surface area contributed by atoms with Gasteiger partial charge in [0.1, 0.15) is 12.7 Å². The number of hydrogen-bond acceptors (Lipinski definition) is 7. The number of amides is 3. The number of urea groups is 1. The van der Waals surface area contributed by atoms with Crippen molar-refractivity contribution in [2.45, 2.75) is 38.1 Å². The topological polar surface area (TPSA) is 132 Å². The molecule has 13 heteroatoms. The number of nitrogens with zero attached hydrogens (tertiary/aromatic N) is 3. The summed E-state index contributed by atoms with van der Waals surface area (Å²) in [7, 11) is 0. The van der Waals surface area contributed by atoms with Gasteiger partial charge in [-0.25, -0.2) is 25.0 Å². The third-order valence-corrected chi connectivity index (χ3v) is 3.88. The van der Waals surface area contributed by atoms with E-state index in [1.807, 2.05) is 0 Å². The SMILES string of the molecule is C[C@@H](CONC(=O)NC1CCN(c2ncc(C(F)(F)F)cn2)CC1)OC(N)=O. The Kier molecular flexibility index (Phi) is 7.20. The van der Waals surface area contributed by atoms with E-state index in [2.05, 4.69) is 25.5 Å². The van der Waals surface area contributed by atoms with Crippen LogP contribution in [0.4, 0.5) is 28.7 Å². The Labute approximate surface area is 158 Å². The number of anilines is 1. The summed E-state index contributed by atoms with van der Waals surface area (Å²) in [5, 5.41) is 2.71. The Morgan fingerprint density at radius 2 is 1.93 bits per heavy atom. The van der Waals surface area contributed by atoms with Crippen LogP contribution in [-0.2, 0) is 15.8 Å². The maximum atomic E-state index is 12.5. The van der Waals surface area contributed by atoms with Gasteiger partial charge in [-0.1, -0.05) is 0 Å². The number of ether oxygens (including phenoxy) is 1. The van der Waals surface area contributed by atoms with E-state index in [-0.39, 0.29) is 18.6 Å². The van der Waals surface area contributed by atoms with Crippen LogP contribution in [0.1, 0.15) is 25.3 Å². The molecule has 1 fully saturated rings. The first-order valence-electron chi connectivity index (χ1n) is 8.43. The first-order valence-corrected chi connectivity index (χ1v) is 8.43. The Balaban J connectivity index is 1.70.